The maximum Gasteiger partial charge on any atom is 0.181 e. The molecule has 0 atom stereocenters. The third kappa shape index (κ3) is 2.10. The maximum absolute atomic E-state index is 6.24. The van der Waals surface area contributed by atoms with E-state index in [0.29, 0.717) is 5.65 Å². The first kappa shape index (κ1) is 15.1. The van der Waals surface area contributed by atoms with Crippen molar-refractivity contribution in [3.63, 3.8) is 0 Å². The lowest BCUT2D eigenvalue weighted by molar-refractivity contribution is 0.669. The Labute approximate surface area is 159 Å². The van der Waals surface area contributed by atoms with Crippen LogP contribution in [0.2, 0.25) is 0 Å². The van der Waals surface area contributed by atoms with E-state index in [2.05, 4.69) is 38.8 Å². The first-order valence-electron chi connectivity index (χ1n) is 9.05. The zero-order valence-electron chi connectivity index (χ0n) is 14.8. The zero-order chi connectivity index (χ0) is 18.5. The third-order valence-corrected chi connectivity index (χ3v) is 5.00. The van der Waals surface area contributed by atoms with Crippen molar-refractivity contribution in [2.75, 3.05) is 0 Å². The van der Waals surface area contributed by atoms with Gasteiger partial charge in [-0.3, -0.25) is 4.57 Å². The summed E-state index contributed by atoms with van der Waals surface area (Å²) in [5.74, 6) is 0.784. The van der Waals surface area contributed by atoms with Crippen LogP contribution in [-0.4, -0.2) is 19.5 Å². The SMILES string of the molecule is c1ccc(-n2c(-c3cccc4c3oc3ccccc34)nc3ncncc32)cc1. The molecule has 132 valence electrons. The molecule has 0 spiro atoms. The summed E-state index contributed by atoms with van der Waals surface area (Å²) >= 11 is 0. The molecule has 0 radical (unpaired) electrons. The molecular formula is C23H14N4O. The minimum Gasteiger partial charge on any atom is -0.455 e. The quantitative estimate of drug-likeness (QED) is 0.415. The molecule has 3 aromatic heterocycles. The van der Waals surface area contributed by atoms with Gasteiger partial charge in [-0.15, -0.1) is 0 Å². The molecule has 0 aliphatic carbocycles. The number of para-hydroxylation sites is 3. The molecule has 28 heavy (non-hydrogen) atoms. The summed E-state index contributed by atoms with van der Waals surface area (Å²) in [6.45, 7) is 0. The van der Waals surface area contributed by atoms with Crippen molar-refractivity contribution in [1.82, 2.24) is 19.5 Å². The van der Waals surface area contributed by atoms with Crippen molar-refractivity contribution in [3.8, 4) is 17.1 Å². The van der Waals surface area contributed by atoms with E-state index in [0.717, 1.165) is 44.5 Å². The first-order valence-corrected chi connectivity index (χ1v) is 9.05. The van der Waals surface area contributed by atoms with Crippen molar-refractivity contribution in [1.29, 1.82) is 0 Å². The predicted octanol–water partition coefficient (Wildman–Crippen LogP) is 5.38. The van der Waals surface area contributed by atoms with Gasteiger partial charge in [-0.05, 0) is 24.3 Å². The molecule has 0 N–H and O–H groups in total. The molecule has 0 saturated heterocycles. The van der Waals surface area contributed by atoms with E-state index in [-0.39, 0.29) is 0 Å². The van der Waals surface area contributed by atoms with E-state index in [4.69, 9.17) is 9.40 Å². The molecule has 0 unspecified atom stereocenters. The summed E-state index contributed by atoms with van der Waals surface area (Å²) in [6, 6.07) is 24.4. The van der Waals surface area contributed by atoms with E-state index in [1.54, 1.807) is 6.20 Å². The molecule has 6 aromatic rings. The van der Waals surface area contributed by atoms with Crippen molar-refractivity contribution >= 4 is 33.1 Å². The van der Waals surface area contributed by atoms with Gasteiger partial charge in [0.25, 0.3) is 0 Å². The lowest BCUT2D eigenvalue weighted by Crippen LogP contribution is -1.97. The van der Waals surface area contributed by atoms with Gasteiger partial charge in [-0.25, -0.2) is 15.0 Å². The molecule has 0 amide bonds. The number of aromatic nitrogens is 4. The van der Waals surface area contributed by atoms with Crippen LogP contribution in [0.15, 0.2) is 89.7 Å². The molecule has 5 heteroatoms. The largest absolute Gasteiger partial charge is 0.455 e. The monoisotopic (exact) mass is 362 g/mol. The first-order chi connectivity index (χ1) is 13.9. The summed E-state index contributed by atoms with van der Waals surface area (Å²) in [5, 5.41) is 2.17. The Hall–Kier alpha value is -3.99. The second-order valence-corrected chi connectivity index (χ2v) is 6.62. The average molecular weight is 362 g/mol. The Morgan fingerprint density at radius 1 is 0.786 bits per heavy atom. The number of hydrogen-bond acceptors (Lipinski definition) is 4. The van der Waals surface area contributed by atoms with Crippen LogP contribution in [0.5, 0.6) is 0 Å². The zero-order valence-corrected chi connectivity index (χ0v) is 14.8. The van der Waals surface area contributed by atoms with Gasteiger partial charge >= 0.3 is 0 Å². The van der Waals surface area contributed by atoms with Crippen LogP contribution in [0, 0.1) is 0 Å². The Bertz CT molecular complexity index is 1460. The highest BCUT2D eigenvalue weighted by Crippen LogP contribution is 2.37. The van der Waals surface area contributed by atoms with E-state index < -0.39 is 0 Å². The van der Waals surface area contributed by atoms with Crippen molar-refractivity contribution in [2.24, 2.45) is 0 Å². The van der Waals surface area contributed by atoms with Crippen molar-refractivity contribution in [3.05, 3.63) is 85.3 Å². The van der Waals surface area contributed by atoms with Gasteiger partial charge in [0.2, 0.25) is 0 Å². The molecule has 6 rings (SSSR count). The van der Waals surface area contributed by atoms with Gasteiger partial charge in [-0.2, -0.15) is 0 Å². The molecule has 5 nitrogen and oxygen atoms in total. The fraction of sp³-hybridized carbons (Fsp3) is 0. The summed E-state index contributed by atoms with van der Waals surface area (Å²) in [4.78, 5) is 13.4. The van der Waals surface area contributed by atoms with Gasteiger partial charge in [-0.1, -0.05) is 48.5 Å². The molecule has 3 heterocycles. The standard InChI is InChI=1S/C23H14N4O/c1-2-7-15(8-3-1)27-19-13-24-14-25-22(19)26-23(27)18-11-6-10-17-16-9-4-5-12-20(16)28-21(17)18/h1-14H. The highest BCUT2D eigenvalue weighted by Gasteiger charge is 2.19. The second kappa shape index (κ2) is 5.76. The van der Waals surface area contributed by atoms with Crippen LogP contribution in [0.4, 0.5) is 0 Å². The molecule has 0 aliphatic heterocycles. The lowest BCUT2D eigenvalue weighted by atomic mass is 10.1. The third-order valence-electron chi connectivity index (χ3n) is 5.00. The predicted molar refractivity (Wildman–Crippen MR) is 109 cm³/mol. The maximum atomic E-state index is 6.24. The highest BCUT2D eigenvalue weighted by atomic mass is 16.3. The van der Waals surface area contributed by atoms with E-state index in [9.17, 15) is 0 Å². The number of nitrogens with zero attached hydrogens (tertiary/aromatic N) is 4. The Morgan fingerprint density at radius 2 is 1.61 bits per heavy atom. The van der Waals surface area contributed by atoms with E-state index >= 15 is 0 Å². The number of furan rings is 1. The second-order valence-electron chi connectivity index (χ2n) is 6.62. The van der Waals surface area contributed by atoms with Gasteiger partial charge in [0.05, 0.1) is 11.8 Å². The van der Waals surface area contributed by atoms with Crippen molar-refractivity contribution in [2.45, 2.75) is 0 Å². The number of benzene rings is 3. The summed E-state index contributed by atoms with van der Waals surface area (Å²) in [7, 11) is 0. The van der Waals surface area contributed by atoms with Crippen molar-refractivity contribution < 1.29 is 4.42 Å². The van der Waals surface area contributed by atoms with Crippen LogP contribution >= 0.6 is 0 Å². The molecule has 0 bridgehead atoms. The van der Waals surface area contributed by atoms with Gasteiger partial charge < -0.3 is 4.42 Å². The van der Waals surface area contributed by atoms with E-state index in [1.165, 1.54) is 6.33 Å². The van der Waals surface area contributed by atoms with Crippen LogP contribution in [0.1, 0.15) is 0 Å². The molecule has 0 aliphatic rings. The Kier molecular flexibility index (Phi) is 3.10. The number of imidazole rings is 1. The van der Waals surface area contributed by atoms with Gasteiger partial charge in [0.15, 0.2) is 11.5 Å². The summed E-state index contributed by atoms with van der Waals surface area (Å²) < 4.78 is 8.32. The summed E-state index contributed by atoms with van der Waals surface area (Å²) in [6.07, 6.45) is 3.32. The molecule has 0 fully saturated rings. The normalized spacial score (nSPS) is 11.6. The fourth-order valence-electron chi connectivity index (χ4n) is 3.77. The van der Waals surface area contributed by atoms with Gasteiger partial charge in [0.1, 0.15) is 23.0 Å². The molecule has 3 aromatic carbocycles. The minimum absolute atomic E-state index is 0.655. The highest BCUT2D eigenvalue weighted by molar-refractivity contribution is 6.09. The van der Waals surface area contributed by atoms with Crippen LogP contribution in [0.25, 0.3) is 50.2 Å². The van der Waals surface area contributed by atoms with Crippen LogP contribution in [0.3, 0.4) is 0 Å². The number of fused-ring (bicyclic) bond motifs is 4. The Balaban J connectivity index is 1.74. The smallest absolute Gasteiger partial charge is 0.181 e. The van der Waals surface area contributed by atoms with Crippen LogP contribution in [-0.2, 0) is 0 Å². The fourth-order valence-corrected chi connectivity index (χ4v) is 3.77. The number of rotatable bonds is 2. The number of hydrogen-bond donors (Lipinski definition) is 0. The molecule has 0 saturated carbocycles. The Morgan fingerprint density at radius 3 is 2.54 bits per heavy atom. The van der Waals surface area contributed by atoms with Crippen LogP contribution < -0.4 is 0 Å². The minimum atomic E-state index is 0.655. The van der Waals surface area contributed by atoms with Gasteiger partial charge in [0, 0.05) is 16.5 Å². The van der Waals surface area contributed by atoms with E-state index in [1.807, 2.05) is 48.5 Å². The topological polar surface area (TPSA) is 56.7 Å². The lowest BCUT2D eigenvalue weighted by Gasteiger charge is -2.09. The average Bonchev–Trinajstić information content (AvgIpc) is 3.33. The molecular weight excluding hydrogens is 348 g/mol. The summed E-state index contributed by atoms with van der Waals surface area (Å²) in [5.41, 5.74) is 5.13.